The monoisotopic (exact) mass is 402 g/mol. The van der Waals surface area contributed by atoms with Gasteiger partial charge in [0.2, 0.25) is 0 Å². The minimum Gasteiger partial charge on any atom is -0.354 e. The Morgan fingerprint density at radius 3 is 2.71 bits per heavy atom. The summed E-state index contributed by atoms with van der Waals surface area (Å²) in [5.74, 6) is 1.08. The fourth-order valence-corrected chi connectivity index (χ4v) is 4.30. The molecule has 1 atom stereocenters. The first-order chi connectivity index (χ1) is 11.7. The second kappa shape index (κ2) is 6.78. The van der Waals surface area contributed by atoms with Crippen LogP contribution in [0.2, 0.25) is 0 Å². The summed E-state index contributed by atoms with van der Waals surface area (Å²) in [6.45, 7) is 6.34. The van der Waals surface area contributed by atoms with Gasteiger partial charge in [0, 0.05) is 47.6 Å². The highest BCUT2D eigenvalue weighted by Crippen LogP contribution is 2.26. The molecule has 6 heteroatoms. The molecular formula is C18H19BrN4S. The number of rotatable bonds is 3. The number of hydrogen-bond acceptors (Lipinski definition) is 5. The highest BCUT2D eigenvalue weighted by Gasteiger charge is 2.24. The van der Waals surface area contributed by atoms with Gasteiger partial charge in [-0.1, -0.05) is 15.9 Å². The van der Waals surface area contributed by atoms with Crippen LogP contribution in [-0.2, 0) is 0 Å². The first kappa shape index (κ1) is 16.0. The average molecular weight is 403 g/mol. The van der Waals surface area contributed by atoms with E-state index in [9.17, 15) is 0 Å². The van der Waals surface area contributed by atoms with E-state index in [-0.39, 0.29) is 0 Å². The molecule has 0 bridgehead atoms. The molecule has 2 aromatic heterocycles. The fourth-order valence-electron chi connectivity index (χ4n) is 3.20. The number of aromatic nitrogens is 2. The van der Waals surface area contributed by atoms with Gasteiger partial charge >= 0.3 is 0 Å². The Morgan fingerprint density at radius 1 is 1.12 bits per heavy atom. The molecular weight excluding hydrogens is 384 g/mol. The SMILES string of the molecule is CC(c1nccs1)N1CCN(c2ccc3cc(Br)ccc3n2)CC1. The summed E-state index contributed by atoms with van der Waals surface area (Å²) in [5.41, 5.74) is 1.05. The number of benzene rings is 1. The van der Waals surface area contributed by atoms with Crippen LogP contribution < -0.4 is 4.90 Å². The van der Waals surface area contributed by atoms with Crippen molar-refractivity contribution in [3.05, 3.63) is 51.4 Å². The highest BCUT2D eigenvalue weighted by atomic mass is 79.9. The van der Waals surface area contributed by atoms with Crippen molar-refractivity contribution in [3.8, 4) is 0 Å². The van der Waals surface area contributed by atoms with Crippen molar-refractivity contribution in [3.63, 3.8) is 0 Å². The number of nitrogens with zero attached hydrogens (tertiary/aromatic N) is 4. The van der Waals surface area contributed by atoms with E-state index in [4.69, 9.17) is 4.98 Å². The summed E-state index contributed by atoms with van der Waals surface area (Å²) in [5, 5.41) is 4.43. The molecule has 4 rings (SSSR count). The number of thiazole rings is 1. The zero-order chi connectivity index (χ0) is 16.5. The van der Waals surface area contributed by atoms with Gasteiger partial charge in [-0.25, -0.2) is 9.97 Å². The Morgan fingerprint density at radius 2 is 1.96 bits per heavy atom. The van der Waals surface area contributed by atoms with E-state index in [1.54, 1.807) is 11.3 Å². The molecule has 1 aliphatic heterocycles. The summed E-state index contributed by atoms with van der Waals surface area (Å²) in [6.07, 6.45) is 1.89. The first-order valence-corrected chi connectivity index (χ1v) is 9.83. The average Bonchev–Trinajstić information content (AvgIpc) is 3.15. The van der Waals surface area contributed by atoms with E-state index < -0.39 is 0 Å². The van der Waals surface area contributed by atoms with Crippen molar-refractivity contribution < 1.29 is 0 Å². The van der Waals surface area contributed by atoms with E-state index in [1.165, 1.54) is 10.4 Å². The predicted molar refractivity (Wildman–Crippen MR) is 104 cm³/mol. The number of piperazine rings is 1. The largest absolute Gasteiger partial charge is 0.354 e. The third-order valence-corrected chi connectivity index (χ3v) is 6.07. The molecule has 0 N–H and O–H groups in total. The van der Waals surface area contributed by atoms with Gasteiger partial charge in [0.15, 0.2) is 0 Å². The number of hydrogen-bond donors (Lipinski definition) is 0. The Hall–Kier alpha value is -1.50. The highest BCUT2D eigenvalue weighted by molar-refractivity contribution is 9.10. The van der Waals surface area contributed by atoms with Crippen molar-refractivity contribution in [1.29, 1.82) is 0 Å². The van der Waals surface area contributed by atoms with Gasteiger partial charge < -0.3 is 4.90 Å². The molecule has 0 aliphatic carbocycles. The van der Waals surface area contributed by atoms with Crippen LogP contribution in [0.1, 0.15) is 18.0 Å². The zero-order valence-electron chi connectivity index (χ0n) is 13.5. The zero-order valence-corrected chi connectivity index (χ0v) is 15.9. The van der Waals surface area contributed by atoms with E-state index >= 15 is 0 Å². The molecule has 0 saturated carbocycles. The molecule has 0 amide bonds. The molecule has 24 heavy (non-hydrogen) atoms. The van der Waals surface area contributed by atoms with Crippen LogP contribution in [0.25, 0.3) is 10.9 Å². The summed E-state index contributed by atoms with van der Waals surface area (Å²) in [7, 11) is 0. The molecule has 1 saturated heterocycles. The van der Waals surface area contributed by atoms with Crippen LogP contribution in [0.4, 0.5) is 5.82 Å². The third kappa shape index (κ3) is 3.18. The van der Waals surface area contributed by atoms with Crippen molar-refractivity contribution in [2.24, 2.45) is 0 Å². The van der Waals surface area contributed by atoms with Crippen molar-refractivity contribution in [2.45, 2.75) is 13.0 Å². The third-order valence-electron chi connectivity index (χ3n) is 4.63. The lowest BCUT2D eigenvalue weighted by Gasteiger charge is -2.38. The maximum atomic E-state index is 4.84. The van der Waals surface area contributed by atoms with Crippen molar-refractivity contribution >= 4 is 44.0 Å². The summed E-state index contributed by atoms with van der Waals surface area (Å²) in [6, 6.07) is 10.9. The second-order valence-electron chi connectivity index (χ2n) is 6.08. The lowest BCUT2D eigenvalue weighted by Crippen LogP contribution is -2.47. The van der Waals surface area contributed by atoms with Crippen LogP contribution >= 0.6 is 27.3 Å². The number of halogens is 1. The Bertz CT molecular complexity index is 828. The Labute approximate surface area is 154 Å². The van der Waals surface area contributed by atoms with E-state index in [1.807, 2.05) is 12.3 Å². The molecule has 1 aliphatic rings. The predicted octanol–water partition coefficient (Wildman–Crippen LogP) is 4.34. The van der Waals surface area contributed by atoms with Gasteiger partial charge in [0.25, 0.3) is 0 Å². The minimum absolute atomic E-state index is 0.397. The molecule has 0 spiro atoms. The molecule has 4 nitrogen and oxygen atoms in total. The van der Waals surface area contributed by atoms with E-state index in [2.05, 4.69) is 67.3 Å². The standard InChI is InChI=1S/C18H19BrN4S/c1-13(18-20-6-11-24-18)22-7-9-23(10-8-22)17-5-2-14-12-15(19)3-4-16(14)21-17/h2-6,11-13H,7-10H2,1H3. The molecule has 0 radical (unpaired) electrons. The van der Waals surface area contributed by atoms with E-state index in [0.29, 0.717) is 6.04 Å². The smallest absolute Gasteiger partial charge is 0.129 e. The summed E-state index contributed by atoms with van der Waals surface area (Å²) in [4.78, 5) is 14.2. The van der Waals surface area contributed by atoms with Crippen LogP contribution in [0.15, 0.2) is 46.4 Å². The van der Waals surface area contributed by atoms with E-state index in [0.717, 1.165) is 42.0 Å². The topological polar surface area (TPSA) is 32.3 Å². The van der Waals surface area contributed by atoms with Crippen molar-refractivity contribution in [2.75, 3.05) is 31.1 Å². The maximum Gasteiger partial charge on any atom is 0.129 e. The van der Waals surface area contributed by atoms with Gasteiger partial charge in [-0.05, 0) is 37.3 Å². The Kier molecular flexibility index (Phi) is 4.52. The molecule has 3 aromatic rings. The second-order valence-corrected chi connectivity index (χ2v) is 7.92. The Balaban J connectivity index is 1.46. The lowest BCUT2D eigenvalue weighted by molar-refractivity contribution is 0.198. The van der Waals surface area contributed by atoms with Gasteiger partial charge in [-0.15, -0.1) is 11.3 Å². The normalized spacial score (nSPS) is 17.3. The van der Waals surface area contributed by atoms with Gasteiger partial charge in [-0.2, -0.15) is 0 Å². The molecule has 124 valence electrons. The summed E-state index contributed by atoms with van der Waals surface area (Å²) < 4.78 is 1.09. The number of pyridine rings is 1. The molecule has 1 unspecified atom stereocenters. The first-order valence-electron chi connectivity index (χ1n) is 8.15. The van der Waals surface area contributed by atoms with Gasteiger partial charge in [0.1, 0.15) is 10.8 Å². The molecule has 1 fully saturated rings. The molecule has 3 heterocycles. The van der Waals surface area contributed by atoms with Crippen LogP contribution in [0, 0.1) is 0 Å². The van der Waals surface area contributed by atoms with Gasteiger partial charge in [0.05, 0.1) is 11.6 Å². The van der Waals surface area contributed by atoms with Gasteiger partial charge in [-0.3, -0.25) is 4.90 Å². The number of fused-ring (bicyclic) bond motifs is 1. The van der Waals surface area contributed by atoms with Crippen molar-refractivity contribution in [1.82, 2.24) is 14.9 Å². The van der Waals surface area contributed by atoms with Crippen LogP contribution in [0.3, 0.4) is 0 Å². The van der Waals surface area contributed by atoms with Crippen LogP contribution in [-0.4, -0.2) is 41.0 Å². The minimum atomic E-state index is 0.397. The van der Waals surface area contributed by atoms with Crippen LogP contribution in [0.5, 0.6) is 0 Å². The lowest BCUT2D eigenvalue weighted by atomic mass is 10.2. The number of anilines is 1. The summed E-state index contributed by atoms with van der Waals surface area (Å²) >= 11 is 5.26. The molecule has 1 aromatic carbocycles. The fraction of sp³-hybridized carbons (Fsp3) is 0.333. The quantitative estimate of drug-likeness (QED) is 0.652. The maximum absolute atomic E-state index is 4.84.